The van der Waals surface area contributed by atoms with Gasteiger partial charge in [-0.2, -0.15) is 0 Å². The van der Waals surface area contributed by atoms with Gasteiger partial charge in [0.1, 0.15) is 6.61 Å². The van der Waals surface area contributed by atoms with E-state index in [4.69, 9.17) is 14.2 Å². The van der Waals surface area contributed by atoms with Gasteiger partial charge in [0.2, 0.25) is 0 Å². The molecule has 0 heterocycles. The van der Waals surface area contributed by atoms with Gasteiger partial charge in [0.25, 0.3) is 0 Å². The summed E-state index contributed by atoms with van der Waals surface area (Å²) >= 11 is 0. The van der Waals surface area contributed by atoms with Gasteiger partial charge >= 0.3 is 11.9 Å². The fourth-order valence-electron chi connectivity index (χ4n) is 10.1. The number of rotatable bonds is 63. The first-order valence-corrected chi connectivity index (χ1v) is 33.5. The molecule has 0 aromatic carbocycles. The average Bonchev–Trinajstić information content (AvgIpc) is 3.40. The summed E-state index contributed by atoms with van der Waals surface area (Å²) in [5.74, 6) is -0.379. The van der Waals surface area contributed by atoms with E-state index in [-0.39, 0.29) is 18.5 Å². The lowest BCUT2D eigenvalue weighted by Crippen LogP contribution is -2.30. The van der Waals surface area contributed by atoms with Crippen LogP contribution in [0.2, 0.25) is 0 Å². The van der Waals surface area contributed by atoms with E-state index < -0.39 is 6.10 Å². The monoisotopic (exact) mass is 1040 g/mol. The molecule has 5 nitrogen and oxygen atoms in total. The Hall–Kier alpha value is -1.88. The van der Waals surface area contributed by atoms with Gasteiger partial charge in [0.15, 0.2) is 6.10 Å². The van der Waals surface area contributed by atoms with E-state index in [1.165, 1.54) is 302 Å². The Morgan fingerprint density at radius 3 is 0.824 bits per heavy atom. The SMILES string of the molecule is CCCCCCCC/C=C\CCCCCCCCCCCCOCC(COC(=O)CCCCCCCCCCC/C=C\CCCCCCCC)OC(=O)CCCCCCCCCCC/C=C\CCCCCCCC. The van der Waals surface area contributed by atoms with E-state index >= 15 is 0 Å². The molecule has 0 fully saturated rings. The number of ether oxygens (including phenoxy) is 3. The molecule has 0 aromatic heterocycles. The molecule has 0 saturated carbocycles. The summed E-state index contributed by atoms with van der Waals surface area (Å²) in [7, 11) is 0. The van der Waals surface area contributed by atoms with Gasteiger partial charge < -0.3 is 14.2 Å². The van der Waals surface area contributed by atoms with Crippen molar-refractivity contribution in [1.82, 2.24) is 0 Å². The summed E-state index contributed by atoms with van der Waals surface area (Å²) in [6.45, 7) is 7.89. The van der Waals surface area contributed by atoms with Crippen LogP contribution in [0.4, 0.5) is 0 Å². The van der Waals surface area contributed by atoms with Crippen molar-refractivity contribution < 1.29 is 23.8 Å². The maximum absolute atomic E-state index is 12.9. The lowest BCUT2D eigenvalue weighted by Gasteiger charge is -2.18. The van der Waals surface area contributed by atoms with Crippen molar-refractivity contribution in [3.8, 4) is 0 Å². The Bertz CT molecular complexity index is 1170. The van der Waals surface area contributed by atoms with Gasteiger partial charge in [-0.1, -0.05) is 295 Å². The summed E-state index contributed by atoms with van der Waals surface area (Å²) < 4.78 is 17.6. The molecule has 0 radical (unpaired) electrons. The lowest BCUT2D eigenvalue weighted by atomic mass is 10.1. The smallest absolute Gasteiger partial charge is 0.306 e. The number of hydrogen-bond acceptors (Lipinski definition) is 5. The largest absolute Gasteiger partial charge is 0.462 e. The minimum atomic E-state index is -0.537. The fourth-order valence-corrected chi connectivity index (χ4v) is 10.1. The van der Waals surface area contributed by atoms with Crippen LogP contribution in [0, 0.1) is 0 Å². The molecule has 0 saturated heterocycles. The Balaban J connectivity index is 4.24. The van der Waals surface area contributed by atoms with E-state index in [9.17, 15) is 9.59 Å². The van der Waals surface area contributed by atoms with Crippen LogP contribution in [-0.4, -0.2) is 37.9 Å². The standard InChI is InChI=1S/C69H130O5/c1-4-7-10-13-16-19-22-25-28-31-34-37-40-43-46-49-52-55-58-61-64-72-65-67(74-69(71)63-60-57-54-51-48-45-42-39-36-33-30-27-24-21-18-15-12-9-6-3)66-73-68(70)62-59-56-53-50-47-44-41-38-35-32-29-26-23-20-17-14-11-8-5-2/h25-30,67H,4-24,31-66H2,1-3H3/b28-25-,29-26-,30-27-. The van der Waals surface area contributed by atoms with Crippen molar-refractivity contribution in [3.05, 3.63) is 36.5 Å². The molecule has 0 aromatic rings. The quantitative estimate of drug-likeness (QED) is 0.0345. The first kappa shape index (κ1) is 72.1. The molecule has 0 N–H and O–H groups in total. The summed E-state index contributed by atoms with van der Waals surface area (Å²) in [6.07, 6.45) is 81.9. The van der Waals surface area contributed by atoms with Crippen molar-refractivity contribution in [3.63, 3.8) is 0 Å². The molecule has 0 amide bonds. The van der Waals surface area contributed by atoms with Crippen LogP contribution >= 0.6 is 0 Å². The highest BCUT2D eigenvalue weighted by atomic mass is 16.6. The molecule has 5 heteroatoms. The van der Waals surface area contributed by atoms with Gasteiger partial charge in [-0.05, 0) is 96.3 Å². The third-order valence-electron chi connectivity index (χ3n) is 15.1. The van der Waals surface area contributed by atoms with E-state index in [1.807, 2.05) is 0 Å². The zero-order valence-electron chi connectivity index (χ0n) is 50.4. The molecule has 0 rings (SSSR count). The van der Waals surface area contributed by atoms with Crippen LogP contribution in [0.25, 0.3) is 0 Å². The second-order valence-corrected chi connectivity index (χ2v) is 22.7. The molecule has 0 aliphatic heterocycles. The van der Waals surface area contributed by atoms with E-state index in [0.717, 1.165) is 32.1 Å². The first-order valence-electron chi connectivity index (χ1n) is 33.5. The number of hydrogen-bond donors (Lipinski definition) is 0. The molecule has 1 unspecified atom stereocenters. The summed E-state index contributed by atoms with van der Waals surface area (Å²) in [6, 6.07) is 0. The number of carbonyl (C=O) groups is 2. The molecule has 0 aliphatic carbocycles. The van der Waals surface area contributed by atoms with E-state index in [0.29, 0.717) is 26.1 Å². The maximum Gasteiger partial charge on any atom is 0.306 e. The van der Waals surface area contributed by atoms with Gasteiger partial charge in [-0.3, -0.25) is 9.59 Å². The highest BCUT2D eigenvalue weighted by molar-refractivity contribution is 5.70. The van der Waals surface area contributed by atoms with Crippen molar-refractivity contribution >= 4 is 11.9 Å². The molecule has 0 spiro atoms. The van der Waals surface area contributed by atoms with Crippen molar-refractivity contribution in [2.75, 3.05) is 19.8 Å². The topological polar surface area (TPSA) is 61.8 Å². The average molecular weight is 1040 g/mol. The van der Waals surface area contributed by atoms with Crippen LogP contribution < -0.4 is 0 Å². The van der Waals surface area contributed by atoms with Crippen molar-refractivity contribution in [2.45, 2.75) is 374 Å². The van der Waals surface area contributed by atoms with E-state index in [1.54, 1.807) is 0 Å². The van der Waals surface area contributed by atoms with E-state index in [2.05, 4.69) is 57.2 Å². The van der Waals surface area contributed by atoms with Gasteiger partial charge in [0, 0.05) is 19.4 Å². The molecule has 1 atom stereocenters. The first-order chi connectivity index (χ1) is 36.6. The number of carbonyl (C=O) groups excluding carboxylic acids is 2. The van der Waals surface area contributed by atoms with Gasteiger partial charge in [0.05, 0.1) is 6.61 Å². The second kappa shape index (κ2) is 65.4. The summed E-state index contributed by atoms with van der Waals surface area (Å²) in [5, 5.41) is 0. The lowest BCUT2D eigenvalue weighted by molar-refractivity contribution is -0.163. The van der Waals surface area contributed by atoms with Crippen LogP contribution in [-0.2, 0) is 23.8 Å². The Morgan fingerprint density at radius 1 is 0.284 bits per heavy atom. The van der Waals surface area contributed by atoms with Gasteiger partial charge in [-0.15, -0.1) is 0 Å². The highest BCUT2D eigenvalue weighted by Crippen LogP contribution is 2.17. The fraction of sp³-hybridized carbons (Fsp3) is 0.884. The normalized spacial score (nSPS) is 12.3. The van der Waals surface area contributed by atoms with Crippen LogP contribution in [0.1, 0.15) is 367 Å². The molecule has 0 bridgehead atoms. The number of esters is 2. The molecule has 74 heavy (non-hydrogen) atoms. The molecular weight excluding hydrogens is 909 g/mol. The zero-order chi connectivity index (χ0) is 53.4. The minimum Gasteiger partial charge on any atom is -0.462 e. The third kappa shape index (κ3) is 62.7. The third-order valence-corrected chi connectivity index (χ3v) is 15.1. The van der Waals surface area contributed by atoms with Crippen LogP contribution in [0.5, 0.6) is 0 Å². The van der Waals surface area contributed by atoms with Gasteiger partial charge in [-0.25, -0.2) is 0 Å². The number of unbranched alkanes of at least 4 members (excludes halogenated alkanes) is 46. The minimum absolute atomic E-state index is 0.0882. The Labute approximate surface area is 463 Å². The summed E-state index contributed by atoms with van der Waals surface area (Å²) in [4.78, 5) is 25.7. The second-order valence-electron chi connectivity index (χ2n) is 22.7. The molecular formula is C69H130O5. The van der Waals surface area contributed by atoms with Crippen molar-refractivity contribution in [1.29, 1.82) is 0 Å². The maximum atomic E-state index is 12.9. The zero-order valence-corrected chi connectivity index (χ0v) is 50.4. The highest BCUT2D eigenvalue weighted by Gasteiger charge is 2.18. The van der Waals surface area contributed by atoms with Crippen LogP contribution in [0.3, 0.4) is 0 Å². The molecule has 436 valence electrons. The van der Waals surface area contributed by atoms with Crippen molar-refractivity contribution in [2.24, 2.45) is 0 Å². The Morgan fingerprint density at radius 2 is 0.527 bits per heavy atom. The van der Waals surface area contributed by atoms with Crippen LogP contribution in [0.15, 0.2) is 36.5 Å². The predicted octanol–water partition coefficient (Wildman–Crippen LogP) is 23.3. The number of allylic oxidation sites excluding steroid dienone is 6. The molecule has 0 aliphatic rings. The Kier molecular flexibility index (Phi) is 63.7. The predicted molar refractivity (Wildman–Crippen MR) is 325 cm³/mol. The summed E-state index contributed by atoms with van der Waals surface area (Å²) in [5.41, 5.74) is 0.